The maximum Gasteiger partial charge on any atom is 0.140 e. The predicted octanol–water partition coefficient (Wildman–Crippen LogP) is 2.70. The first-order valence-corrected chi connectivity index (χ1v) is 6.07. The summed E-state index contributed by atoms with van der Waals surface area (Å²) in [4.78, 5) is 0. The number of hydrogen-bond donors (Lipinski definition) is 1. The first-order chi connectivity index (χ1) is 8.00. The minimum atomic E-state index is -0.100. The molecule has 0 aliphatic heterocycles. The van der Waals surface area contributed by atoms with Crippen LogP contribution in [0.15, 0.2) is 6.07 Å². The molecule has 0 spiro atoms. The molecule has 2 N–H and O–H groups in total. The standard InChI is InChI=1S/C13H18ClNO2/c1-8-6-10(16-2)9(7-13(15)4-5-13)11(14)12(8)17-3/h6H,4-5,7,15H2,1-3H3. The van der Waals surface area contributed by atoms with Crippen molar-refractivity contribution in [2.24, 2.45) is 5.73 Å². The SMILES string of the molecule is COc1cc(C)c(OC)c(Cl)c1CC1(N)CC1. The average Bonchev–Trinajstić information content (AvgIpc) is 3.01. The Morgan fingerprint density at radius 1 is 1.35 bits per heavy atom. The van der Waals surface area contributed by atoms with Crippen molar-refractivity contribution in [1.29, 1.82) is 0 Å². The Bertz CT molecular complexity index is 442. The monoisotopic (exact) mass is 255 g/mol. The summed E-state index contributed by atoms with van der Waals surface area (Å²) in [6.45, 7) is 1.95. The van der Waals surface area contributed by atoms with Crippen LogP contribution in [-0.2, 0) is 6.42 Å². The van der Waals surface area contributed by atoms with Crippen molar-refractivity contribution in [3.63, 3.8) is 0 Å². The summed E-state index contributed by atoms with van der Waals surface area (Å²) in [7, 11) is 3.27. The van der Waals surface area contributed by atoms with E-state index >= 15 is 0 Å². The second-order valence-corrected chi connectivity index (χ2v) is 5.14. The van der Waals surface area contributed by atoms with Crippen LogP contribution in [0.25, 0.3) is 0 Å². The van der Waals surface area contributed by atoms with Gasteiger partial charge in [0.15, 0.2) is 0 Å². The van der Waals surface area contributed by atoms with Gasteiger partial charge in [0.2, 0.25) is 0 Å². The van der Waals surface area contributed by atoms with Crippen LogP contribution in [0.4, 0.5) is 0 Å². The van der Waals surface area contributed by atoms with E-state index in [1.165, 1.54) is 0 Å². The van der Waals surface area contributed by atoms with Crippen molar-refractivity contribution >= 4 is 11.6 Å². The largest absolute Gasteiger partial charge is 0.496 e. The van der Waals surface area contributed by atoms with Crippen molar-refractivity contribution in [1.82, 2.24) is 0 Å². The fourth-order valence-electron chi connectivity index (χ4n) is 2.05. The zero-order valence-electron chi connectivity index (χ0n) is 10.5. The Hall–Kier alpha value is -0.930. The molecule has 1 fully saturated rings. The third kappa shape index (κ3) is 2.35. The molecule has 0 heterocycles. The molecule has 1 aromatic carbocycles. The molecule has 0 atom stereocenters. The summed E-state index contributed by atoms with van der Waals surface area (Å²) >= 11 is 6.37. The molecule has 0 radical (unpaired) electrons. The van der Waals surface area contributed by atoms with Crippen molar-refractivity contribution in [3.8, 4) is 11.5 Å². The molecule has 94 valence electrons. The van der Waals surface area contributed by atoms with E-state index in [4.69, 9.17) is 26.8 Å². The second kappa shape index (κ2) is 4.39. The van der Waals surface area contributed by atoms with Gasteiger partial charge in [0.05, 0.1) is 19.2 Å². The van der Waals surface area contributed by atoms with Gasteiger partial charge in [0.1, 0.15) is 11.5 Å². The Morgan fingerprint density at radius 2 is 2.00 bits per heavy atom. The maximum atomic E-state index is 6.37. The van der Waals surface area contributed by atoms with Gasteiger partial charge in [-0.15, -0.1) is 0 Å². The summed E-state index contributed by atoms with van der Waals surface area (Å²) in [6.07, 6.45) is 2.83. The van der Waals surface area contributed by atoms with Gasteiger partial charge in [-0.25, -0.2) is 0 Å². The van der Waals surface area contributed by atoms with E-state index in [-0.39, 0.29) is 5.54 Å². The number of benzene rings is 1. The number of rotatable bonds is 4. The highest BCUT2D eigenvalue weighted by Gasteiger charge is 2.39. The molecule has 2 rings (SSSR count). The van der Waals surface area contributed by atoms with Crippen molar-refractivity contribution in [2.45, 2.75) is 31.7 Å². The summed E-state index contributed by atoms with van der Waals surface area (Å²) in [6, 6.07) is 1.95. The molecule has 4 heteroatoms. The van der Waals surface area contributed by atoms with Gasteiger partial charge in [-0.1, -0.05) is 11.6 Å². The molecule has 3 nitrogen and oxygen atoms in total. The summed E-state index contributed by atoms with van der Waals surface area (Å²) in [5, 5.41) is 0.626. The van der Waals surface area contributed by atoms with E-state index in [0.29, 0.717) is 10.8 Å². The third-order valence-electron chi connectivity index (χ3n) is 3.31. The fraction of sp³-hybridized carbons (Fsp3) is 0.538. The predicted molar refractivity (Wildman–Crippen MR) is 69.1 cm³/mol. The lowest BCUT2D eigenvalue weighted by Crippen LogP contribution is -2.25. The van der Waals surface area contributed by atoms with Crippen LogP contribution in [0.1, 0.15) is 24.0 Å². The van der Waals surface area contributed by atoms with E-state index in [1.54, 1.807) is 14.2 Å². The molecule has 17 heavy (non-hydrogen) atoms. The van der Waals surface area contributed by atoms with Crippen LogP contribution in [0.5, 0.6) is 11.5 Å². The molecule has 1 aromatic rings. The number of aryl methyl sites for hydroxylation is 1. The molecule has 0 unspecified atom stereocenters. The Morgan fingerprint density at radius 3 is 2.47 bits per heavy atom. The quantitative estimate of drug-likeness (QED) is 0.900. The Labute approximate surface area is 107 Å². The van der Waals surface area contributed by atoms with E-state index < -0.39 is 0 Å². The van der Waals surface area contributed by atoms with Crippen LogP contribution in [0, 0.1) is 6.92 Å². The average molecular weight is 256 g/mol. The lowest BCUT2D eigenvalue weighted by molar-refractivity contribution is 0.394. The first-order valence-electron chi connectivity index (χ1n) is 5.69. The van der Waals surface area contributed by atoms with Gasteiger partial charge < -0.3 is 15.2 Å². The molecule has 0 amide bonds. The highest BCUT2D eigenvalue weighted by Crippen LogP contribution is 2.44. The van der Waals surface area contributed by atoms with Crippen LogP contribution in [0.3, 0.4) is 0 Å². The number of methoxy groups -OCH3 is 2. The van der Waals surface area contributed by atoms with E-state index in [2.05, 4.69) is 0 Å². The summed E-state index contributed by atoms with van der Waals surface area (Å²) in [5.74, 6) is 1.51. The van der Waals surface area contributed by atoms with Crippen LogP contribution < -0.4 is 15.2 Å². The van der Waals surface area contributed by atoms with Gasteiger partial charge in [-0.3, -0.25) is 0 Å². The number of hydrogen-bond acceptors (Lipinski definition) is 3. The van der Waals surface area contributed by atoms with Gasteiger partial charge in [-0.05, 0) is 37.8 Å². The highest BCUT2D eigenvalue weighted by molar-refractivity contribution is 6.33. The van der Waals surface area contributed by atoms with Gasteiger partial charge in [0.25, 0.3) is 0 Å². The summed E-state index contributed by atoms with van der Waals surface area (Å²) < 4.78 is 10.7. The molecule has 1 aliphatic rings. The second-order valence-electron chi connectivity index (χ2n) is 4.76. The molecule has 1 saturated carbocycles. The maximum absolute atomic E-state index is 6.37. The van der Waals surface area contributed by atoms with Crippen LogP contribution >= 0.6 is 11.6 Å². The third-order valence-corrected chi connectivity index (χ3v) is 3.71. The molecule has 1 aliphatic carbocycles. The lowest BCUT2D eigenvalue weighted by atomic mass is 10.0. The number of halogens is 1. The molecule has 0 saturated heterocycles. The number of ether oxygens (including phenoxy) is 2. The van der Waals surface area contributed by atoms with Gasteiger partial charge in [-0.2, -0.15) is 0 Å². The van der Waals surface area contributed by atoms with Crippen molar-refractivity contribution in [2.75, 3.05) is 14.2 Å². The Kier molecular flexibility index (Phi) is 3.23. The topological polar surface area (TPSA) is 44.5 Å². The summed E-state index contributed by atoms with van der Waals surface area (Å²) in [5.41, 5.74) is 7.97. The molecule has 0 aromatic heterocycles. The first kappa shape index (κ1) is 12.5. The van der Waals surface area contributed by atoms with E-state index in [0.717, 1.165) is 36.1 Å². The zero-order chi connectivity index (χ0) is 12.6. The highest BCUT2D eigenvalue weighted by atomic mass is 35.5. The lowest BCUT2D eigenvalue weighted by Gasteiger charge is -2.18. The molecular weight excluding hydrogens is 238 g/mol. The Balaban J connectivity index is 2.46. The minimum Gasteiger partial charge on any atom is -0.496 e. The number of nitrogens with two attached hydrogens (primary N) is 1. The zero-order valence-corrected chi connectivity index (χ0v) is 11.2. The van der Waals surface area contributed by atoms with Crippen molar-refractivity contribution < 1.29 is 9.47 Å². The van der Waals surface area contributed by atoms with Crippen molar-refractivity contribution in [3.05, 3.63) is 22.2 Å². The molecule has 0 bridgehead atoms. The fourth-order valence-corrected chi connectivity index (χ4v) is 2.44. The van der Waals surface area contributed by atoms with Gasteiger partial charge in [0, 0.05) is 11.1 Å². The van der Waals surface area contributed by atoms with E-state index in [9.17, 15) is 0 Å². The van der Waals surface area contributed by atoms with E-state index in [1.807, 2.05) is 13.0 Å². The molecular formula is C13H18ClNO2. The smallest absolute Gasteiger partial charge is 0.140 e. The minimum absolute atomic E-state index is 0.100. The van der Waals surface area contributed by atoms with Crippen LogP contribution in [-0.4, -0.2) is 19.8 Å². The van der Waals surface area contributed by atoms with Gasteiger partial charge >= 0.3 is 0 Å². The normalized spacial score (nSPS) is 16.8. The van der Waals surface area contributed by atoms with Crippen LogP contribution in [0.2, 0.25) is 5.02 Å².